The molecule has 1 amide bonds. The summed E-state index contributed by atoms with van der Waals surface area (Å²) in [5.41, 5.74) is 5.00. The van der Waals surface area contributed by atoms with Crippen LogP contribution >= 0.6 is 0 Å². The number of morpholine rings is 1. The van der Waals surface area contributed by atoms with Crippen LogP contribution in [0.3, 0.4) is 0 Å². The number of ether oxygens (including phenoxy) is 1. The number of carbonyl (C=O) groups excluding carboxylic acids is 1. The summed E-state index contributed by atoms with van der Waals surface area (Å²) < 4.78 is 5.35. The normalized spacial score (nSPS) is 14.7. The number of hydrogen-bond donors (Lipinski definition) is 0. The van der Waals surface area contributed by atoms with Crippen LogP contribution in [0, 0.1) is 0 Å². The molecular formula is C23H17N5O2. The van der Waals surface area contributed by atoms with Crippen molar-refractivity contribution in [2.24, 2.45) is 0 Å². The van der Waals surface area contributed by atoms with Crippen LogP contribution in [0.1, 0.15) is 10.4 Å². The van der Waals surface area contributed by atoms with E-state index >= 15 is 0 Å². The maximum Gasteiger partial charge on any atom is 0.254 e. The molecule has 0 N–H and O–H groups in total. The summed E-state index contributed by atoms with van der Waals surface area (Å²) >= 11 is 0. The number of fused-ring (bicyclic) bond motifs is 7. The minimum absolute atomic E-state index is 0.00902. The summed E-state index contributed by atoms with van der Waals surface area (Å²) in [5.74, 6) is -0.00902. The molecule has 1 aliphatic heterocycles. The molecule has 4 heterocycles. The van der Waals surface area contributed by atoms with E-state index in [4.69, 9.17) is 14.7 Å². The Kier molecular flexibility index (Phi) is 3.82. The highest BCUT2D eigenvalue weighted by Gasteiger charge is 2.20. The highest BCUT2D eigenvalue weighted by Crippen LogP contribution is 2.31. The second kappa shape index (κ2) is 6.67. The molecule has 0 aliphatic carbocycles. The smallest absolute Gasteiger partial charge is 0.254 e. The van der Waals surface area contributed by atoms with Crippen LogP contribution in [-0.4, -0.2) is 57.0 Å². The maximum absolute atomic E-state index is 12.9. The Morgan fingerprint density at radius 3 is 2.10 bits per heavy atom. The van der Waals surface area contributed by atoms with Crippen molar-refractivity contribution >= 4 is 49.8 Å². The first-order valence-corrected chi connectivity index (χ1v) is 9.89. The van der Waals surface area contributed by atoms with Crippen molar-refractivity contribution < 1.29 is 9.53 Å². The van der Waals surface area contributed by atoms with Crippen molar-refractivity contribution in [3.05, 3.63) is 60.4 Å². The first-order valence-electron chi connectivity index (χ1n) is 9.89. The van der Waals surface area contributed by atoms with Crippen molar-refractivity contribution in [2.75, 3.05) is 26.3 Å². The predicted molar refractivity (Wildman–Crippen MR) is 114 cm³/mol. The fourth-order valence-corrected chi connectivity index (χ4v) is 4.09. The van der Waals surface area contributed by atoms with Crippen LogP contribution in [0.2, 0.25) is 0 Å². The van der Waals surface area contributed by atoms with E-state index in [0.717, 1.165) is 32.8 Å². The van der Waals surface area contributed by atoms with Crippen LogP contribution in [0.4, 0.5) is 0 Å². The third-order valence-corrected chi connectivity index (χ3v) is 5.56. The molecule has 1 saturated heterocycles. The molecule has 0 spiro atoms. The van der Waals surface area contributed by atoms with Crippen LogP contribution in [0.15, 0.2) is 54.9 Å². The molecule has 7 nitrogen and oxygen atoms in total. The Hall–Kier alpha value is -3.71. The van der Waals surface area contributed by atoms with E-state index in [1.165, 1.54) is 0 Å². The Morgan fingerprint density at radius 1 is 0.800 bits per heavy atom. The first-order chi connectivity index (χ1) is 14.8. The maximum atomic E-state index is 12.9. The van der Waals surface area contributed by atoms with Gasteiger partial charge in [0.1, 0.15) is 11.0 Å². The van der Waals surface area contributed by atoms with Gasteiger partial charge in [0.25, 0.3) is 5.91 Å². The fourth-order valence-electron chi connectivity index (χ4n) is 4.09. The highest BCUT2D eigenvalue weighted by molar-refractivity contribution is 6.21. The zero-order valence-electron chi connectivity index (χ0n) is 16.1. The summed E-state index contributed by atoms with van der Waals surface area (Å²) in [6.07, 6.45) is 3.52. The van der Waals surface area contributed by atoms with Crippen molar-refractivity contribution in [2.45, 2.75) is 0 Å². The zero-order chi connectivity index (χ0) is 20.1. The molecular weight excluding hydrogens is 378 g/mol. The molecule has 30 heavy (non-hydrogen) atoms. The average Bonchev–Trinajstić information content (AvgIpc) is 2.83. The molecule has 146 valence electrons. The predicted octanol–water partition coefficient (Wildman–Crippen LogP) is 3.35. The molecule has 0 saturated carbocycles. The third-order valence-electron chi connectivity index (χ3n) is 5.56. The van der Waals surface area contributed by atoms with Gasteiger partial charge in [0.05, 0.1) is 35.3 Å². The standard InChI is InChI=1S/C23H17N5O2/c29-23(28-9-11-30-12-10-28)14-5-6-17-18(13-14)27-22-20-16(4-2-8-25-20)15-3-1-7-24-19(15)21(22)26-17/h1-8,13H,9-12H2. The fraction of sp³-hybridized carbons (Fsp3) is 0.174. The topological polar surface area (TPSA) is 81.1 Å². The molecule has 7 heteroatoms. The van der Waals surface area contributed by atoms with Gasteiger partial charge in [-0.15, -0.1) is 0 Å². The number of benzene rings is 2. The lowest BCUT2D eigenvalue weighted by atomic mass is 10.1. The third kappa shape index (κ3) is 2.59. The number of carbonyl (C=O) groups is 1. The second-order valence-corrected chi connectivity index (χ2v) is 7.33. The van der Waals surface area contributed by atoms with Crippen LogP contribution in [0.5, 0.6) is 0 Å². The molecule has 2 aromatic carbocycles. The van der Waals surface area contributed by atoms with Crippen molar-refractivity contribution in [1.29, 1.82) is 0 Å². The van der Waals surface area contributed by atoms with Gasteiger partial charge in [-0.2, -0.15) is 0 Å². The Bertz CT molecular complexity index is 1460. The Morgan fingerprint density at radius 2 is 1.43 bits per heavy atom. The van der Waals surface area contributed by atoms with Crippen molar-refractivity contribution in [1.82, 2.24) is 24.8 Å². The van der Waals surface area contributed by atoms with E-state index in [9.17, 15) is 4.79 Å². The number of rotatable bonds is 1. The van der Waals surface area contributed by atoms with Gasteiger partial charge >= 0.3 is 0 Å². The molecule has 0 radical (unpaired) electrons. The summed E-state index contributed by atoms with van der Waals surface area (Å²) in [5, 5.41) is 1.99. The summed E-state index contributed by atoms with van der Waals surface area (Å²) in [6.45, 7) is 2.35. The highest BCUT2D eigenvalue weighted by atomic mass is 16.5. The molecule has 1 aliphatic rings. The van der Waals surface area contributed by atoms with E-state index in [2.05, 4.69) is 9.97 Å². The summed E-state index contributed by atoms with van der Waals surface area (Å²) in [4.78, 5) is 33.6. The largest absolute Gasteiger partial charge is 0.378 e. The lowest BCUT2D eigenvalue weighted by Crippen LogP contribution is -2.40. The number of nitrogens with zero attached hydrogens (tertiary/aromatic N) is 5. The van der Waals surface area contributed by atoms with Gasteiger partial charge < -0.3 is 9.64 Å². The van der Waals surface area contributed by atoms with E-state index in [1.807, 2.05) is 47.4 Å². The molecule has 0 bridgehead atoms. The van der Waals surface area contributed by atoms with Crippen LogP contribution < -0.4 is 0 Å². The minimum Gasteiger partial charge on any atom is -0.378 e. The van der Waals surface area contributed by atoms with Gasteiger partial charge in [0, 0.05) is 41.8 Å². The van der Waals surface area contributed by atoms with Gasteiger partial charge in [-0.05, 0) is 30.3 Å². The van der Waals surface area contributed by atoms with Gasteiger partial charge in [0.2, 0.25) is 0 Å². The van der Waals surface area contributed by atoms with E-state index in [1.54, 1.807) is 12.4 Å². The summed E-state index contributed by atoms with van der Waals surface area (Å²) in [7, 11) is 0. The molecule has 0 atom stereocenters. The summed E-state index contributed by atoms with van der Waals surface area (Å²) in [6, 6.07) is 13.4. The van der Waals surface area contributed by atoms with Gasteiger partial charge in [0.15, 0.2) is 0 Å². The van der Waals surface area contributed by atoms with Crippen molar-refractivity contribution in [3.8, 4) is 0 Å². The lowest BCUT2D eigenvalue weighted by Gasteiger charge is -2.26. The second-order valence-electron chi connectivity index (χ2n) is 7.33. The molecule has 1 fully saturated rings. The SMILES string of the molecule is O=C(c1ccc2nc3c4ncccc4c4cccnc4c3nc2c1)N1CCOCC1. The van der Waals surface area contributed by atoms with Gasteiger partial charge in [-0.25, -0.2) is 9.97 Å². The van der Waals surface area contributed by atoms with E-state index < -0.39 is 0 Å². The molecule has 5 aromatic rings. The Labute approximate surface area is 171 Å². The van der Waals surface area contributed by atoms with Crippen molar-refractivity contribution in [3.63, 3.8) is 0 Å². The number of pyridine rings is 2. The van der Waals surface area contributed by atoms with Gasteiger partial charge in [-0.3, -0.25) is 14.8 Å². The van der Waals surface area contributed by atoms with E-state index in [-0.39, 0.29) is 5.91 Å². The first kappa shape index (κ1) is 17.2. The average molecular weight is 395 g/mol. The number of hydrogen-bond acceptors (Lipinski definition) is 6. The van der Waals surface area contributed by atoms with E-state index in [0.29, 0.717) is 42.9 Å². The molecule has 0 unspecified atom stereocenters. The minimum atomic E-state index is -0.00902. The lowest BCUT2D eigenvalue weighted by molar-refractivity contribution is 0.0303. The zero-order valence-corrected chi connectivity index (χ0v) is 16.1. The molecule has 3 aromatic heterocycles. The number of aromatic nitrogens is 4. The van der Waals surface area contributed by atoms with Crippen LogP contribution in [0.25, 0.3) is 43.9 Å². The Balaban J connectivity index is 1.60. The number of amides is 1. The van der Waals surface area contributed by atoms with Crippen LogP contribution in [-0.2, 0) is 4.74 Å². The van der Waals surface area contributed by atoms with Gasteiger partial charge in [-0.1, -0.05) is 12.1 Å². The quantitative estimate of drug-likeness (QED) is 0.320. The molecule has 6 rings (SSSR count). The monoisotopic (exact) mass is 395 g/mol.